The molecule has 1 aromatic rings. The van der Waals surface area contributed by atoms with E-state index in [0.717, 1.165) is 44.6 Å². The van der Waals surface area contributed by atoms with Crippen LogP contribution in [0.1, 0.15) is 253 Å². The van der Waals surface area contributed by atoms with Gasteiger partial charge in [-0.3, -0.25) is 0 Å². The zero-order chi connectivity index (χ0) is 42.2. The maximum atomic E-state index is 13.0. The summed E-state index contributed by atoms with van der Waals surface area (Å²) >= 11 is 0. The van der Waals surface area contributed by atoms with Gasteiger partial charge in [-0.15, -0.1) is 0 Å². The number of allylic oxidation sites excluding steroid dienone is 4. The number of carbonyl (C=O) groups excluding carboxylic acids is 2. The van der Waals surface area contributed by atoms with E-state index >= 15 is 0 Å². The van der Waals surface area contributed by atoms with Gasteiger partial charge in [0.25, 0.3) is 0 Å². The molecule has 0 aromatic heterocycles. The van der Waals surface area contributed by atoms with Crippen LogP contribution in [0.25, 0.3) is 0 Å². The van der Waals surface area contributed by atoms with Crippen molar-refractivity contribution in [1.82, 2.24) is 0 Å². The molecule has 0 radical (unpaired) electrons. The van der Waals surface area contributed by atoms with Crippen LogP contribution in [-0.4, -0.2) is 38.1 Å². The molecule has 0 aliphatic carbocycles. The van der Waals surface area contributed by atoms with E-state index in [1.165, 1.54) is 179 Å². The maximum absolute atomic E-state index is 13.0. The summed E-state index contributed by atoms with van der Waals surface area (Å²) in [5, 5.41) is 0. The molecule has 0 bridgehead atoms. The maximum Gasteiger partial charge on any atom is 1.00 e. The summed E-state index contributed by atoms with van der Waals surface area (Å²) in [6.07, 6.45) is 50.4. The van der Waals surface area contributed by atoms with Crippen molar-refractivity contribution in [2.45, 2.75) is 237 Å². The first-order valence-corrected chi connectivity index (χ1v) is 25.5. The van der Waals surface area contributed by atoms with E-state index in [9.17, 15) is 22.6 Å². The standard InChI is InChI=1S/C50H86O7S.Na/c1-3-5-7-9-11-13-15-17-19-21-23-25-27-29-31-33-35-37-39-44-56-49(51)46-42-41-43-47(58(53,54)55)48(46)50(52)57-45-40-38-36-34-32-30-28-26-24-22-20-18-16-14-12-10-8-6-4-2;/h17-20,41-43H,3-16,21-40,44-45H2,1-2H3,(H,53,54,55);/q;+1/p-1/b19-17+,20-18+;. The Morgan fingerprint density at radius 3 is 1.12 bits per heavy atom. The number of ether oxygens (including phenoxy) is 2. The fourth-order valence-electron chi connectivity index (χ4n) is 7.36. The first-order chi connectivity index (χ1) is 28.3. The Kier molecular flexibility index (Phi) is 40.9. The van der Waals surface area contributed by atoms with E-state index in [1.54, 1.807) is 0 Å². The van der Waals surface area contributed by atoms with E-state index in [4.69, 9.17) is 9.47 Å². The smallest absolute Gasteiger partial charge is 0.744 e. The molecular weight excluding hydrogens is 768 g/mol. The molecule has 334 valence electrons. The van der Waals surface area contributed by atoms with Crippen molar-refractivity contribution in [2.75, 3.05) is 13.2 Å². The first-order valence-electron chi connectivity index (χ1n) is 24.1. The minimum Gasteiger partial charge on any atom is -0.744 e. The van der Waals surface area contributed by atoms with Crippen LogP contribution in [0.15, 0.2) is 47.4 Å². The summed E-state index contributed by atoms with van der Waals surface area (Å²) in [7, 11) is -5.02. The summed E-state index contributed by atoms with van der Waals surface area (Å²) in [4.78, 5) is 25.3. The Bertz CT molecular complexity index is 1310. The predicted molar refractivity (Wildman–Crippen MR) is 242 cm³/mol. The van der Waals surface area contributed by atoms with Crippen molar-refractivity contribution in [3.05, 3.63) is 53.6 Å². The van der Waals surface area contributed by atoms with Crippen molar-refractivity contribution in [3.63, 3.8) is 0 Å². The van der Waals surface area contributed by atoms with E-state index in [2.05, 4.69) is 38.2 Å². The Labute approximate surface area is 385 Å². The SMILES string of the molecule is CCCCCCCC/C=C/CCCCCCCCCCCOC(=O)c1cccc(S(=O)(=O)[O-])c1C(=O)OCCCCCCCCCCC/C=C/CCCCCCCC.[Na+]. The Hall–Kier alpha value is -1.45. The average molecular weight is 853 g/mol. The summed E-state index contributed by atoms with van der Waals surface area (Å²) in [5.74, 6) is -1.81. The summed E-state index contributed by atoms with van der Waals surface area (Å²) in [6, 6.07) is 3.63. The van der Waals surface area contributed by atoms with Crippen molar-refractivity contribution in [1.29, 1.82) is 0 Å². The Morgan fingerprint density at radius 1 is 0.475 bits per heavy atom. The van der Waals surface area contributed by atoms with Gasteiger partial charge in [0, 0.05) is 0 Å². The molecule has 59 heavy (non-hydrogen) atoms. The molecule has 0 spiro atoms. The van der Waals surface area contributed by atoms with Crippen molar-refractivity contribution in [3.8, 4) is 0 Å². The second-order valence-corrected chi connectivity index (χ2v) is 17.7. The van der Waals surface area contributed by atoms with E-state index in [1.807, 2.05) is 0 Å². The number of benzene rings is 1. The van der Waals surface area contributed by atoms with Crippen molar-refractivity contribution in [2.24, 2.45) is 0 Å². The number of hydrogen-bond donors (Lipinski definition) is 0. The monoisotopic (exact) mass is 853 g/mol. The molecule has 1 aromatic carbocycles. The van der Waals surface area contributed by atoms with Gasteiger partial charge in [0.05, 0.1) is 29.2 Å². The van der Waals surface area contributed by atoms with Gasteiger partial charge in [-0.25, -0.2) is 18.0 Å². The van der Waals surface area contributed by atoms with Crippen LogP contribution >= 0.6 is 0 Å². The van der Waals surface area contributed by atoms with Crippen LogP contribution in [0.4, 0.5) is 0 Å². The molecule has 0 aliphatic rings. The molecule has 0 saturated heterocycles. The van der Waals surface area contributed by atoms with Gasteiger partial charge in [0.15, 0.2) is 0 Å². The molecule has 0 atom stereocenters. The number of hydrogen-bond acceptors (Lipinski definition) is 7. The summed E-state index contributed by atoms with van der Waals surface area (Å²) in [6.45, 7) is 4.76. The van der Waals surface area contributed by atoms with E-state index in [0.29, 0.717) is 12.8 Å². The topological polar surface area (TPSA) is 110 Å². The van der Waals surface area contributed by atoms with Gasteiger partial charge in [-0.05, 0) is 76.3 Å². The molecule has 0 heterocycles. The molecule has 9 heteroatoms. The van der Waals surface area contributed by atoms with Crippen molar-refractivity contribution >= 4 is 22.1 Å². The van der Waals surface area contributed by atoms with Gasteiger partial charge in [-0.1, -0.05) is 198 Å². The minimum atomic E-state index is -5.02. The number of rotatable bonds is 41. The number of carbonyl (C=O) groups is 2. The quantitative estimate of drug-likeness (QED) is 0.0212. The Balaban J connectivity index is 0.0000336. The zero-order valence-electron chi connectivity index (χ0n) is 38.3. The van der Waals surface area contributed by atoms with Crippen LogP contribution in [0.3, 0.4) is 0 Å². The minimum absolute atomic E-state index is 0. The van der Waals surface area contributed by atoms with E-state index < -0.39 is 32.5 Å². The van der Waals surface area contributed by atoms with Crippen LogP contribution < -0.4 is 29.6 Å². The third-order valence-corrected chi connectivity index (χ3v) is 11.9. The van der Waals surface area contributed by atoms with E-state index in [-0.39, 0.29) is 48.3 Å². The normalized spacial score (nSPS) is 11.7. The van der Waals surface area contributed by atoms with Crippen molar-refractivity contribution < 1.29 is 61.6 Å². The van der Waals surface area contributed by atoms with Crippen LogP contribution in [0, 0.1) is 0 Å². The molecule has 0 saturated carbocycles. The van der Waals surface area contributed by atoms with Gasteiger partial charge in [-0.2, -0.15) is 0 Å². The second-order valence-electron chi connectivity index (χ2n) is 16.4. The first kappa shape index (κ1) is 57.5. The molecule has 0 N–H and O–H groups in total. The number of unbranched alkanes of at least 4 members (excludes halogenated alkanes) is 30. The van der Waals surface area contributed by atoms with Crippen LogP contribution in [0.2, 0.25) is 0 Å². The van der Waals surface area contributed by atoms with Crippen LogP contribution in [0.5, 0.6) is 0 Å². The molecule has 0 unspecified atom stereocenters. The fraction of sp³-hybridized carbons (Fsp3) is 0.760. The van der Waals surface area contributed by atoms with Gasteiger partial charge in [0.1, 0.15) is 10.1 Å². The second kappa shape index (κ2) is 41.9. The number of esters is 2. The average Bonchev–Trinajstić information content (AvgIpc) is 3.21. The fourth-order valence-corrected chi connectivity index (χ4v) is 8.05. The predicted octanol–water partition coefficient (Wildman–Crippen LogP) is 12.3. The summed E-state index contributed by atoms with van der Waals surface area (Å²) in [5.41, 5.74) is -0.778. The largest absolute Gasteiger partial charge is 1.00 e. The van der Waals surface area contributed by atoms with Gasteiger partial charge < -0.3 is 14.0 Å². The molecule has 1 rings (SSSR count). The molecular formula is C50H85NaO7S. The zero-order valence-corrected chi connectivity index (χ0v) is 41.1. The van der Waals surface area contributed by atoms with Gasteiger partial charge in [0.2, 0.25) is 0 Å². The molecule has 7 nitrogen and oxygen atoms in total. The molecule has 0 amide bonds. The third-order valence-electron chi connectivity index (χ3n) is 11.0. The molecule has 0 fully saturated rings. The van der Waals surface area contributed by atoms with Crippen LogP contribution in [-0.2, 0) is 19.6 Å². The summed E-state index contributed by atoms with van der Waals surface area (Å²) < 4.78 is 46.8. The Morgan fingerprint density at radius 2 is 0.780 bits per heavy atom. The third kappa shape index (κ3) is 33.8. The molecule has 0 aliphatic heterocycles. The van der Waals surface area contributed by atoms with Gasteiger partial charge >= 0.3 is 41.5 Å².